The molecule has 4 aromatic heterocycles. The Labute approximate surface area is 237 Å². The monoisotopic (exact) mass is 566 g/mol. The van der Waals surface area contributed by atoms with E-state index in [4.69, 9.17) is 35.6 Å². The van der Waals surface area contributed by atoms with E-state index < -0.39 is 5.76 Å². The molecule has 6 rings (SSSR count). The summed E-state index contributed by atoms with van der Waals surface area (Å²) in [6.45, 7) is 4.08. The van der Waals surface area contributed by atoms with E-state index in [1.165, 1.54) is 38.5 Å². The van der Waals surface area contributed by atoms with Gasteiger partial charge in [0.25, 0.3) is 0 Å². The molecule has 0 aromatic carbocycles. The van der Waals surface area contributed by atoms with Crippen LogP contribution in [0.1, 0.15) is 57.7 Å². The third-order valence-electron chi connectivity index (χ3n) is 8.27. The van der Waals surface area contributed by atoms with Gasteiger partial charge in [0.1, 0.15) is 18.1 Å². The molecular formula is C29H35ClN6O4. The molecule has 1 N–H and O–H groups in total. The summed E-state index contributed by atoms with van der Waals surface area (Å²) >= 11 is 6.36. The largest absolute Gasteiger partial charge is 0.439 e. The zero-order valence-corrected chi connectivity index (χ0v) is 23.7. The molecule has 11 heteroatoms. The molecule has 2 fully saturated rings. The van der Waals surface area contributed by atoms with E-state index in [0.717, 1.165) is 41.3 Å². The number of methoxy groups -OCH3 is 1. The SMILES string of the molecule is COCC(OCc1nc2cc(-c3noc(=O)[nH]3)nc(-c3cncc(Cl)c3)c2n1CCC1CCC(C)CC1)C1CC1. The van der Waals surface area contributed by atoms with Gasteiger partial charge in [-0.1, -0.05) is 49.4 Å². The van der Waals surface area contributed by atoms with E-state index in [-0.39, 0.29) is 11.9 Å². The summed E-state index contributed by atoms with van der Waals surface area (Å²) in [7, 11) is 1.71. The van der Waals surface area contributed by atoms with Crippen LogP contribution in [0.15, 0.2) is 33.8 Å². The van der Waals surface area contributed by atoms with Gasteiger partial charge in [-0.2, -0.15) is 0 Å². The number of imidazole rings is 1. The number of aromatic nitrogens is 6. The lowest BCUT2D eigenvalue weighted by molar-refractivity contribution is -0.0264. The Morgan fingerprint density at radius 3 is 2.67 bits per heavy atom. The van der Waals surface area contributed by atoms with Crippen LogP contribution in [0.5, 0.6) is 0 Å². The molecule has 4 heterocycles. The lowest BCUT2D eigenvalue weighted by atomic mass is 9.81. The first kappa shape index (κ1) is 27.1. The summed E-state index contributed by atoms with van der Waals surface area (Å²) in [5, 5.41) is 4.37. The lowest BCUT2D eigenvalue weighted by Gasteiger charge is -2.26. The minimum atomic E-state index is -0.645. The predicted octanol–water partition coefficient (Wildman–Crippen LogP) is 5.65. The number of hydrogen-bond donors (Lipinski definition) is 1. The third-order valence-corrected chi connectivity index (χ3v) is 8.47. The Morgan fingerprint density at radius 2 is 1.98 bits per heavy atom. The molecule has 0 saturated heterocycles. The minimum Gasteiger partial charge on any atom is -0.382 e. The number of aryl methyl sites for hydroxylation is 1. The van der Waals surface area contributed by atoms with Crippen LogP contribution in [-0.2, 0) is 22.6 Å². The second kappa shape index (κ2) is 11.8. The highest BCUT2D eigenvalue weighted by Crippen LogP contribution is 2.37. The van der Waals surface area contributed by atoms with E-state index >= 15 is 0 Å². The standard InChI is InChI=1S/C29H35ClN6O4/c1-17-3-5-18(6-4-17)9-10-36-25(16-39-24(15-38-2)19-7-8-19)32-22-12-23(28-34-29(37)40-35-28)33-26(27(22)36)20-11-21(30)14-31-13-20/h11-14,17-19,24H,3-10,15-16H2,1-2H3,(H,34,35,37). The van der Waals surface area contributed by atoms with E-state index in [9.17, 15) is 4.79 Å². The smallest absolute Gasteiger partial charge is 0.382 e. The van der Waals surface area contributed by atoms with Crippen LogP contribution in [0.2, 0.25) is 5.02 Å². The first-order valence-electron chi connectivity index (χ1n) is 14.2. The Kier molecular flexibility index (Phi) is 8.00. The van der Waals surface area contributed by atoms with Gasteiger partial charge < -0.3 is 14.0 Å². The normalized spacial score (nSPS) is 20.3. The highest BCUT2D eigenvalue weighted by atomic mass is 35.5. The number of halogens is 1. The Morgan fingerprint density at radius 1 is 1.15 bits per heavy atom. The van der Waals surface area contributed by atoms with Gasteiger partial charge >= 0.3 is 5.76 Å². The third kappa shape index (κ3) is 5.99. The van der Waals surface area contributed by atoms with Gasteiger partial charge in [0.2, 0.25) is 5.82 Å². The maximum absolute atomic E-state index is 11.7. The molecule has 1 unspecified atom stereocenters. The molecule has 0 bridgehead atoms. The van der Waals surface area contributed by atoms with Gasteiger partial charge in [-0.15, -0.1) is 0 Å². The van der Waals surface area contributed by atoms with Gasteiger partial charge in [0, 0.05) is 31.6 Å². The summed E-state index contributed by atoms with van der Waals surface area (Å²) in [6, 6.07) is 3.67. The maximum Gasteiger partial charge on any atom is 0.439 e. The fourth-order valence-corrected chi connectivity index (χ4v) is 6.00. The quantitative estimate of drug-likeness (QED) is 0.247. The molecule has 10 nitrogen and oxygen atoms in total. The summed E-state index contributed by atoms with van der Waals surface area (Å²) in [5.41, 5.74) is 3.48. The summed E-state index contributed by atoms with van der Waals surface area (Å²) in [5.74, 6) is 2.45. The minimum absolute atomic E-state index is 0.0450. The van der Waals surface area contributed by atoms with E-state index in [0.29, 0.717) is 41.5 Å². The molecule has 212 valence electrons. The predicted molar refractivity (Wildman–Crippen MR) is 151 cm³/mol. The van der Waals surface area contributed by atoms with Crippen LogP contribution < -0.4 is 5.76 Å². The number of aromatic amines is 1. The van der Waals surface area contributed by atoms with Crippen LogP contribution in [0.4, 0.5) is 0 Å². The van der Waals surface area contributed by atoms with Crippen molar-refractivity contribution in [2.75, 3.05) is 13.7 Å². The average molecular weight is 567 g/mol. The number of H-pyrrole nitrogens is 1. The van der Waals surface area contributed by atoms with Crippen molar-refractivity contribution in [2.45, 2.75) is 71.1 Å². The van der Waals surface area contributed by atoms with Crippen LogP contribution in [-0.4, -0.2) is 49.5 Å². The van der Waals surface area contributed by atoms with Crippen LogP contribution in [0, 0.1) is 17.8 Å². The zero-order chi connectivity index (χ0) is 27.6. The fourth-order valence-electron chi connectivity index (χ4n) is 5.82. The van der Waals surface area contributed by atoms with Gasteiger partial charge in [0.05, 0.1) is 34.5 Å². The Bertz CT molecular complexity index is 1520. The number of ether oxygens (including phenoxy) is 2. The maximum atomic E-state index is 11.7. The number of nitrogens with one attached hydrogen (secondary N) is 1. The second-order valence-electron chi connectivity index (χ2n) is 11.3. The van der Waals surface area contributed by atoms with Crippen molar-refractivity contribution >= 4 is 22.6 Å². The van der Waals surface area contributed by atoms with Crippen LogP contribution >= 0.6 is 11.6 Å². The van der Waals surface area contributed by atoms with Crippen molar-refractivity contribution in [3.63, 3.8) is 0 Å². The number of fused-ring (bicyclic) bond motifs is 1. The van der Waals surface area contributed by atoms with E-state index in [1.807, 2.05) is 12.1 Å². The number of pyridine rings is 2. The van der Waals surface area contributed by atoms with Crippen molar-refractivity contribution in [3.8, 4) is 22.8 Å². The molecule has 0 radical (unpaired) electrons. The second-order valence-corrected chi connectivity index (χ2v) is 11.7. The highest BCUT2D eigenvalue weighted by Gasteiger charge is 2.32. The molecule has 1 atom stereocenters. The van der Waals surface area contributed by atoms with Crippen molar-refractivity contribution < 1.29 is 14.0 Å². The molecule has 0 aliphatic heterocycles. The highest BCUT2D eigenvalue weighted by molar-refractivity contribution is 6.30. The van der Waals surface area contributed by atoms with Crippen molar-refractivity contribution in [1.82, 2.24) is 29.7 Å². The summed E-state index contributed by atoms with van der Waals surface area (Å²) in [6.07, 6.45) is 11.8. The fraction of sp³-hybridized carbons (Fsp3) is 0.552. The summed E-state index contributed by atoms with van der Waals surface area (Å²) in [4.78, 5) is 28.6. The van der Waals surface area contributed by atoms with Gasteiger partial charge in [0.15, 0.2) is 0 Å². The molecular weight excluding hydrogens is 532 g/mol. The number of nitrogens with zero attached hydrogens (tertiary/aromatic N) is 5. The molecule has 0 spiro atoms. The molecule has 40 heavy (non-hydrogen) atoms. The van der Waals surface area contributed by atoms with Gasteiger partial charge in [-0.3, -0.25) is 14.5 Å². The lowest BCUT2D eigenvalue weighted by Crippen LogP contribution is -2.22. The topological polar surface area (TPSA) is 121 Å². The van der Waals surface area contributed by atoms with Crippen molar-refractivity contribution in [3.05, 3.63) is 45.9 Å². The molecule has 2 aliphatic carbocycles. The Balaban J connectivity index is 1.43. The van der Waals surface area contributed by atoms with Gasteiger partial charge in [-0.25, -0.2) is 14.8 Å². The van der Waals surface area contributed by atoms with E-state index in [2.05, 4.69) is 26.6 Å². The van der Waals surface area contributed by atoms with Gasteiger partial charge in [-0.05, 0) is 49.1 Å². The zero-order valence-electron chi connectivity index (χ0n) is 22.9. The molecule has 0 amide bonds. The molecule has 2 saturated carbocycles. The first-order valence-corrected chi connectivity index (χ1v) is 14.5. The Hall–Kier alpha value is -3.08. The van der Waals surface area contributed by atoms with Crippen LogP contribution in [0.3, 0.4) is 0 Å². The average Bonchev–Trinajstić information content (AvgIpc) is 3.61. The van der Waals surface area contributed by atoms with E-state index in [1.54, 1.807) is 19.5 Å². The molecule has 4 aromatic rings. The van der Waals surface area contributed by atoms with Crippen molar-refractivity contribution in [1.29, 1.82) is 0 Å². The summed E-state index contributed by atoms with van der Waals surface area (Å²) < 4.78 is 18.9. The van der Waals surface area contributed by atoms with Crippen LogP contribution in [0.25, 0.3) is 33.8 Å². The van der Waals surface area contributed by atoms with Crippen molar-refractivity contribution in [2.24, 2.45) is 17.8 Å². The number of hydrogen-bond acceptors (Lipinski definition) is 8. The first-order chi connectivity index (χ1) is 19.5. The molecule has 2 aliphatic rings. The number of rotatable bonds is 11.